The van der Waals surface area contributed by atoms with Gasteiger partial charge in [-0.3, -0.25) is 9.69 Å². The fourth-order valence-electron chi connectivity index (χ4n) is 8.17. The number of aldehydes is 1. The van der Waals surface area contributed by atoms with Crippen molar-refractivity contribution in [1.82, 2.24) is 10.2 Å². The summed E-state index contributed by atoms with van der Waals surface area (Å²) in [5.74, 6) is 1.59. The van der Waals surface area contributed by atoms with Crippen molar-refractivity contribution < 1.29 is 9.90 Å². The van der Waals surface area contributed by atoms with Crippen LogP contribution in [0.15, 0.2) is 24.3 Å². The molecule has 0 radical (unpaired) electrons. The summed E-state index contributed by atoms with van der Waals surface area (Å²) < 4.78 is 0. The first kappa shape index (κ1) is 19.5. The van der Waals surface area contributed by atoms with Crippen molar-refractivity contribution >= 4 is 6.29 Å². The molecule has 3 aliphatic heterocycles. The molecule has 5 aliphatic rings. The zero-order valence-electron chi connectivity index (χ0n) is 18.2. The molecule has 0 bridgehead atoms. The first-order chi connectivity index (χ1) is 14.5. The van der Waals surface area contributed by atoms with Crippen molar-refractivity contribution in [2.24, 2.45) is 17.3 Å². The average Bonchev–Trinajstić information content (AvgIpc) is 3.12. The number of hydrogen-bond acceptors (Lipinski definition) is 4. The lowest BCUT2D eigenvalue weighted by atomic mass is 9.73. The number of carbonyl (C=O) groups excluding carboxylic acids is 1. The van der Waals surface area contributed by atoms with Crippen molar-refractivity contribution in [1.29, 1.82) is 0 Å². The maximum absolute atomic E-state index is 11.5. The molecular weight excluding hydrogens is 372 g/mol. The third kappa shape index (κ3) is 2.79. The third-order valence-corrected chi connectivity index (χ3v) is 9.93. The smallest absolute Gasteiger partial charge is 0.150 e. The number of hydrogen-bond donors (Lipinski definition) is 2. The molecule has 2 saturated carbocycles. The summed E-state index contributed by atoms with van der Waals surface area (Å²) in [6.07, 6.45) is 13.1. The maximum Gasteiger partial charge on any atom is 0.150 e. The molecule has 1 aromatic rings. The molecule has 4 heteroatoms. The van der Waals surface area contributed by atoms with Gasteiger partial charge in [0, 0.05) is 36.2 Å². The van der Waals surface area contributed by atoms with E-state index in [1.54, 1.807) is 0 Å². The van der Waals surface area contributed by atoms with Gasteiger partial charge in [0.05, 0.1) is 0 Å². The van der Waals surface area contributed by atoms with E-state index in [0.29, 0.717) is 35.4 Å². The summed E-state index contributed by atoms with van der Waals surface area (Å²) in [6.45, 7) is 3.12. The van der Waals surface area contributed by atoms with Crippen LogP contribution in [0.2, 0.25) is 0 Å². The Hall–Kier alpha value is -1.23. The second kappa shape index (κ2) is 6.88. The molecular formula is C26H36N2O2. The van der Waals surface area contributed by atoms with E-state index in [9.17, 15) is 9.90 Å². The van der Waals surface area contributed by atoms with E-state index in [4.69, 9.17) is 0 Å². The highest BCUT2D eigenvalue weighted by atomic mass is 16.3. The van der Waals surface area contributed by atoms with E-state index in [0.717, 1.165) is 30.7 Å². The van der Waals surface area contributed by atoms with Crippen molar-refractivity contribution in [3.8, 4) is 0 Å². The molecule has 3 saturated heterocycles. The minimum absolute atomic E-state index is 0.346. The van der Waals surface area contributed by atoms with Gasteiger partial charge in [-0.2, -0.15) is 0 Å². The monoisotopic (exact) mass is 408 g/mol. The summed E-state index contributed by atoms with van der Waals surface area (Å²) in [6, 6.07) is 9.58. The van der Waals surface area contributed by atoms with Gasteiger partial charge in [-0.1, -0.05) is 44.0 Å². The van der Waals surface area contributed by atoms with E-state index >= 15 is 0 Å². The predicted octanol–water partition coefficient (Wildman–Crippen LogP) is 4.09. The minimum Gasteiger partial charge on any atom is -0.374 e. The maximum atomic E-state index is 11.5. The van der Waals surface area contributed by atoms with Gasteiger partial charge in [0.2, 0.25) is 0 Å². The SMILES string of the molecule is C[C@H](c1ccc(C=O)cc1)[C@H]1C[C@@H]([C@H]2CC[C@@H]3CCC4(CCCC4)[C@@H]3N2)[C@@]2(O)CN12. The number of piperidine rings is 2. The Kier molecular flexibility index (Phi) is 4.46. The molecule has 1 spiro atoms. The Bertz CT molecular complexity index is 817. The van der Waals surface area contributed by atoms with Gasteiger partial charge in [-0.15, -0.1) is 0 Å². The van der Waals surface area contributed by atoms with Crippen LogP contribution in [0.4, 0.5) is 0 Å². The Morgan fingerprint density at radius 2 is 1.90 bits per heavy atom. The Morgan fingerprint density at radius 3 is 2.63 bits per heavy atom. The number of benzene rings is 1. The first-order valence-electron chi connectivity index (χ1n) is 12.3. The fraction of sp³-hybridized carbons (Fsp3) is 0.731. The van der Waals surface area contributed by atoms with Crippen LogP contribution in [-0.4, -0.2) is 46.7 Å². The van der Waals surface area contributed by atoms with Crippen molar-refractivity contribution in [2.75, 3.05) is 6.54 Å². The predicted molar refractivity (Wildman–Crippen MR) is 117 cm³/mol. The van der Waals surface area contributed by atoms with Gasteiger partial charge in [0.1, 0.15) is 12.0 Å². The Morgan fingerprint density at radius 1 is 1.13 bits per heavy atom. The van der Waals surface area contributed by atoms with Crippen LogP contribution >= 0.6 is 0 Å². The van der Waals surface area contributed by atoms with E-state index in [2.05, 4.69) is 29.3 Å². The highest BCUT2D eigenvalue weighted by Gasteiger charge is 2.67. The first-order valence-corrected chi connectivity index (χ1v) is 12.3. The normalized spacial score (nSPS) is 44.6. The molecule has 162 valence electrons. The van der Waals surface area contributed by atoms with Gasteiger partial charge in [-0.25, -0.2) is 0 Å². The van der Waals surface area contributed by atoms with Crippen molar-refractivity contribution in [3.63, 3.8) is 0 Å². The fourth-order valence-corrected chi connectivity index (χ4v) is 8.17. The van der Waals surface area contributed by atoms with Crippen LogP contribution in [0.5, 0.6) is 0 Å². The van der Waals surface area contributed by atoms with Crippen LogP contribution in [0, 0.1) is 17.3 Å². The zero-order valence-corrected chi connectivity index (χ0v) is 18.2. The number of nitrogens with one attached hydrogen (secondary N) is 1. The van der Waals surface area contributed by atoms with Gasteiger partial charge >= 0.3 is 0 Å². The van der Waals surface area contributed by atoms with Crippen LogP contribution in [-0.2, 0) is 0 Å². The lowest BCUT2D eigenvalue weighted by Crippen LogP contribution is -2.56. The zero-order chi connectivity index (χ0) is 20.5. The molecule has 3 heterocycles. The lowest BCUT2D eigenvalue weighted by Gasteiger charge is -2.44. The van der Waals surface area contributed by atoms with Crippen LogP contribution in [0.1, 0.15) is 86.6 Å². The van der Waals surface area contributed by atoms with Crippen molar-refractivity contribution in [2.45, 2.75) is 94.5 Å². The highest BCUT2D eigenvalue weighted by Crippen LogP contribution is 2.58. The van der Waals surface area contributed by atoms with Gasteiger partial charge in [0.15, 0.2) is 0 Å². The summed E-state index contributed by atoms with van der Waals surface area (Å²) >= 11 is 0. The molecule has 5 fully saturated rings. The molecule has 6 rings (SSSR count). The molecule has 0 amide bonds. The topological polar surface area (TPSA) is 52.3 Å². The molecule has 8 atom stereocenters. The molecule has 30 heavy (non-hydrogen) atoms. The highest BCUT2D eigenvalue weighted by molar-refractivity contribution is 5.74. The quantitative estimate of drug-likeness (QED) is 0.582. The summed E-state index contributed by atoms with van der Waals surface area (Å²) in [4.78, 5) is 13.3. The van der Waals surface area contributed by atoms with E-state index < -0.39 is 5.72 Å². The second-order valence-electron chi connectivity index (χ2n) is 11.2. The third-order valence-electron chi connectivity index (χ3n) is 9.93. The number of rotatable bonds is 4. The van der Waals surface area contributed by atoms with Crippen LogP contribution in [0.25, 0.3) is 0 Å². The number of nitrogens with zero attached hydrogens (tertiary/aromatic N) is 1. The van der Waals surface area contributed by atoms with Gasteiger partial charge < -0.3 is 10.4 Å². The molecule has 1 unspecified atom stereocenters. The molecule has 2 N–H and O–H groups in total. The van der Waals surface area contributed by atoms with E-state index in [-0.39, 0.29) is 0 Å². The van der Waals surface area contributed by atoms with Gasteiger partial charge in [0.25, 0.3) is 0 Å². The largest absolute Gasteiger partial charge is 0.374 e. The number of carbonyl (C=O) groups is 1. The lowest BCUT2D eigenvalue weighted by molar-refractivity contribution is 0.0243. The van der Waals surface area contributed by atoms with Crippen LogP contribution < -0.4 is 5.32 Å². The molecule has 2 aliphatic carbocycles. The Labute approximate surface area is 180 Å². The number of aliphatic hydroxyl groups is 1. The van der Waals surface area contributed by atoms with Crippen LogP contribution in [0.3, 0.4) is 0 Å². The van der Waals surface area contributed by atoms with E-state index in [1.807, 2.05) is 12.1 Å². The molecule has 1 aromatic carbocycles. The Balaban J connectivity index is 1.19. The summed E-state index contributed by atoms with van der Waals surface area (Å²) in [5.41, 5.74) is 1.99. The average molecular weight is 409 g/mol. The standard InChI is InChI=1S/C26H36N2O2/c1-17(19-6-4-18(15-29)5-7-19)23-14-21(26(30)16-28(23)26)22-9-8-20-10-13-25(24(20)27-22)11-2-3-12-25/h4-7,15,17,20-24,27,30H,2-3,8-14,16H2,1H3/t17-,20-,21+,22-,23-,24-,26+,28?/m1/s1. The van der Waals surface area contributed by atoms with E-state index in [1.165, 1.54) is 56.9 Å². The number of fused-ring (bicyclic) bond motifs is 3. The minimum atomic E-state index is -0.590. The van der Waals surface area contributed by atoms with Crippen molar-refractivity contribution in [3.05, 3.63) is 35.4 Å². The second-order valence-corrected chi connectivity index (χ2v) is 11.2. The summed E-state index contributed by atoms with van der Waals surface area (Å²) in [7, 11) is 0. The molecule has 0 aromatic heterocycles. The summed E-state index contributed by atoms with van der Waals surface area (Å²) in [5, 5.41) is 15.6. The molecule has 4 nitrogen and oxygen atoms in total. The van der Waals surface area contributed by atoms with Gasteiger partial charge in [-0.05, 0) is 67.8 Å².